The summed E-state index contributed by atoms with van der Waals surface area (Å²) in [6.07, 6.45) is 5.32. The molecule has 1 atom stereocenters. The van der Waals surface area contributed by atoms with Crippen molar-refractivity contribution in [2.75, 3.05) is 19.7 Å². The van der Waals surface area contributed by atoms with Crippen LogP contribution in [0.15, 0.2) is 55.0 Å². The second-order valence-corrected chi connectivity index (χ2v) is 6.16. The van der Waals surface area contributed by atoms with E-state index in [2.05, 4.69) is 20.1 Å². The molecule has 0 radical (unpaired) electrons. The Morgan fingerprint density at radius 2 is 2.20 bits per heavy atom. The second-order valence-electron chi connectivity index (χ2n) is 6.16. The van der Waals surface area contributed by atoms with E-state index >= 15 is 0 Å². The summed E-state index contributed by atoms with van der Waals surface area (Å²) in [5, 5.41) is 7.26. The number of ether oxygens (including phenoxy) is 1. The number of hydrogen-bond donors (Lipinski definition) is 1. The summed E-state index contributed by atoms with van der Waals surface area (Å²) in [5.74, 6) is -0.230. The number of aromatic amines is 1. The van der Waals surface area contributed by atoms with Gasteiger partial charge in [-0.15, -0.1) is 0 Å². The Morgan fingerprint density at radius 1 is 1.24 bits per heavy atom. The molecule has 3 aromatic rings. The highest BCUT2D eigenvalue weighted by Crippen LogP contribution is 2.26. The Bertz CT molecular complexity index is 836. The lowest BCUT2D eigenvalue weighted by Crippen LogP contribution is -2.37. The van der Waals surface area contributed by atoms with Gasteiger partial charge in [-0.2, -0.15) is 5.10 Å². The van der Waals surface area contributed by atoms with Crippen LogP contribution in [0, 0.1) is 5.82 Å². The van der Waals surface area contributed by atoms with Crippen molar-refractivity contribution in [3.8, 4) is 11.3 Å². The number of rotatable bonds is 4. The molecule has 25 heavy (non-hydrogen) atoms. The van der Waals surface area contributed by atoms with Gasteiger partial charge >= 0.3 is 0 Å². The first-order valence-electron chi connectivity index (χ1n) is 8.31. The van der Waals surface area contributed by atoms with E-state index in [0.717, 1.165) is 42.0 Å². The normalized spacial score (nSPS) is 18.4. The maximum Gasteiger partial charge on any atom is 0.123 e. The number of nitrogens with zero attached hydrogens (tertiary/aromatic N) is 3. The van der Waals surface area contributed by atoms with Crippen LogP contribution in [0.1, 0.15) is 17.2 Å². The van der Waals surface area contributed by atoms with Crippen molar-refractivity contribution in [1.29, 1.82) is 0 Å². The molecular weight excluding hydrogens is 319 g/mol. The van der Waals surface area contributed by atoms with Gasteiger partial charge in [0.15, 0.2) is 0 Å². The van der Waals surface area contributed by atoms with Gasteiger partial charge in [0.1, 0.15) is 5.82 Å². The molecule has 1 fully saturated rings. The summed E-state index contributed by atoms with van der Waals surface area (Å²) in [5.41, 5.74) is 4.00. The third-order valence-corrected chi connectivity index (χ3v) is 4.43. The average Bonchev–Trinajstić information content (AvgIpc) is 3.11. The number of halogens is 1. The molecule has 5 nitrogen and oxygen atoms in total. The summed E-state index contributed by atoms with van der Waals surface area (Å²) in [6, 6.07) is 10.6. The van der Waals surface area contributed by atoms with Crippen LogP contribution in [0.3, 0.4) is 0 Å². The first-order chi connectivity index (χ1) is 12.3. The maximum atomic E-state index is 13.5. The monoisotopic (exact) mass is 338 g/mol. The van der Waals surface area contributed by atoms with E-state index in [9.17, 15) is 4.39 Å². The standard InChI is InChI=1S/C19H19FN4O/c20-17-5-1-3-14(9-17)18-13-24(7-8-25-18)12-16-11-22-23-19(16)15-4-2-6-21-10-15/h1-6,9-11,18H,7-8,12-13H2,(H,22,23)/t18-/m1/s1. The molecule has 0 amide bonds. The van der Waals surface area contributed by atoms with Crippen LogP contribution >= 0.6 is 0 Å². The third kappa shape index (κ3) is 3.60. The topological polar surface area (TPSA) is 54.0 Å². The van der Waals surface area contributed by atoms with Gasteiger partial charge in [-0.05, 0) is 29.8 Å². The third-order valence-electron chi connectivity index (χ3n) is 4.43. The van der Waals surface area contributed by atoms with Crippen LogP contribution in [0.2, 0.25) is 0 Å². The molecule has 6 heteroatoms. The minimum absolute atomic E-state index is 0.113. The van der Waals surface area contributed by atoms with Gasteiger partial charge in [-0.3, -0.25) is 15.0 Å². The summed E-state index contributed by atoms with van der Waals surface area (Å²) in [6.45, 7) is 2.95. The molecule has 0 aliphatic carbocycles. The summed E-state index contributed by atoms with van der Waals surface area (Å²) >= 11 is 0. The highest BCUT2D eigenvalue weighted by atomic mass is 19.1. The van der Waals surface area contributed by atoms with Gasteiger partial charge in [0.25, 0.3) is 0 Å². The lowest BCUT2D eigenvalue weighted by Gasteiger charge is -2.33. The van der Waals surface area contributed by atoms with Gasteiger partial charge in [-0.1, -0.05) is 12.1 Å². The number of pyridine rings is 1. The van der Waals surface area contributed by atoms with Crippen LogP contribution in [-0.4, -0.2) is 39.8 Å². The first kappa shape index (κ1) is 15.9. The Kier molecular flexibility index (Phi) is 4.54. The van der Waals surface area contributed by atoms with Crippen molar-refractivity contribution in [3.05, 3.63) is 71.9 Å². The number of H-pyrrole nitrogens is 1. The molecule has 4 rings (SSSR count). The Morgan fingerprint density at radius 3 is 3.04 bits per heavy atom. The molecule has 0 saturated carbocycles. The number of benzene rings is 1. The largest absolute Gasteiger partial charge is 0.371 e. The van der Waals surface area contributed by atoms with E-state index in [1.165, 1.54) is 6.07 Å². The quantitative estimate of drug-likeness (QED) is 0.794. The van der Waals surface area contributed by atoms with Crippen LogP contribution in [0.25, 0.3) is 11.3 Å². The van der Waals surface area contributed by atoms with Gasteiger partial charge < -0.3 is 4.74 Å². The van der Waals surface area contributed by atoms with E-state index in [1.54, 1.807) is 18.3 Å². The Hall–Kier alpha value is -2.57. The van der Waals surface area contributed by atoms with Gasteiger partial charge in [0.05, 0.1) is 24.6 Å². The summed E-state index contributed by atoms with van der Waals surface area (Å²) < 4.78 is 19.3. The molecule has 2 aromatic heterocycles. The minimum Gasteiger partial charge on any atom is -0.371 e. The zero-order chi connectivity index (χ0) is 17.1. The fraction of sp³-hybridized carbons (Fsp3) is 0.263. The number of hydrogen-bond acceptors (Lipinski definition) is 4. The second kappa shape index (κ2) is 7.13. The van der Waals surface area contributed by atoms with Crippen molar-refractivity contribution in [2.45, 2.75) is 12.6 Å². The van der Waals surface area contributed by atoms with Gasteiger partial charge in [0, 0.05) is 43.2 Å². The molecule has 1 aromatic carbocycles. The molecule has 0 bridgehead atoms. The lowest BCUT2D eigenvalue weighted by atomic mass is 10.1. The first-order valence-corrected chi connectivity index (χ1v) is 8.31. The van der Waals surface area contributed by atoms with E-state index in [-0.39, 0.29) is 11.9 Å². The van der Waals surface area contributed by atoms with Gasteiger partial charge in [0.2, 0.25) is 0 Å². The predicted molar refractivity (Wildman–Crippen MR) is 92.2 cm³/mol. The van der Waals surface area contributed by atoms with E-state index < -0.39 is 0 Å². The zero-order valence-corrected chi connectivity index (χ0v) is 13.7. The number of morpholine rings is 1. The van der Waals surface area contributed by atoms with E-state index in [1.807, 2.05) is 30.6 Å². The SMILES string of the molecule is Fc1cccc([C@H]2CN(Cc3cn[nH]c3-c3cccnc3)CCO2)c1. The number of aromatic nitrogens is 3. The molecule has 0 unspecified atom stereocenters. The smallest absolute Gasteiger partial charge is 0.123 e. The summed E-state index contributed by atoms with van der Waals surface area (Å²) in [7, 11) is 0. The Balaban J connectivity index is 1.49. The predicted octanol–water partition coefficient (Wildman–Crippen LogP) is 3.18. The average molecular weight is 338 g/mol. The highest BCUT2D eigenvalue weighted by Gasteiger charge is 2.23. The maximum absolute atomic E-state index is 13.5. The van der Waals surface area contributed by atoms with E-state index in [4.69, 9.17) is 4.74 Å². The van der Waals surface area contributed by atoms with Crippen molar-refractivity contribution in [1.82, 2.24) is 20.1 Å². The highest BCUT2D eigenvalue weighted by molar-refractivity contribution is 5.61. The van der Waals surface area contributed by atoms with Crippen molar-refractivity contribution in [2.24, 2.45) is 0 Å². The van der Waals surface area contributed by atoms with Crippen LogP contribution in [0.5, 0.6) is 0 Å². The van der Waals surface area contributed by atoms with Crippen molar-refractivity contribution in [3.63, 3.8) is 0 Å². The molecule has 1 aliphatic heterocycles. The number of nitrogens with one attached hydrogen (secondary N) is 1. The fourth-order valence-corrected chi connectivity index (χ4v) is 3.19. The fourth-order valence-electron chi connectivity index (χ4n) is 3.19. The van der Waals surface area contributed by atoms with Crippen molar-refractivity contribution >= 4 is 0 Å². The van der Waals surface area contributed by atoms with Crippen molar-refractivity contribution < 1.29 is 9.13 Å². The molecule has 128 valence electrons. The lowest BCUT2D eigenvalue weighted by molar-refractivity contribution is -0.0330. The van der Waals surface area contributed by atoms with Crippen LogP contribution in [0.4, 0.5) is 4.39 Å². The van der Waals surface area contributed by atoms with Gasteiger partial charge in [-0.25, -0.2) is 4.39 Å². The van der Waals surface area contributed by atoms with Crippen LogP contribution in [-0.2, 0) is 11.3 Å². The molecule has 1 N–H and O–H groups in total. The molecule has 1 saturated heterocycles. The molecule has 3 heterocycles. The van der Waals surface area contributed by atoms with Crippen LogP contribution < -0.4 is 0 Å². The zero-order valence-electron chi connectivity index (χ0n) is 13.7. The Labute approximate surface area is 145 Å². The molecule has 0 spiro atoms. The minimum atomic E-state index is -0.230. The molecular formula is C19H19FN4O. The molecule has 1 aliphatic rings. The van der Waals surface area contributed by atoms with E-state index in [0.29, 0.717) is 6.61 Å². The summed E-state index contributed by atoms with van der Waals surface area (Å²) in [4.78, 5) is 6.48.